The monoisotopic (exact) mass is 605 g/mol. The molecule has 3 aromatic rings. The third-order valence-corrected chi connectivity index (χ3v) is 8.77. The van der Waals surface area contributed by atoms with Gasteiger partial charge in [-0.05, 0) is 49.2 Å². The average molecular weight is 607 g/mol. The molecular weight excluding hydrogens is 573 g/mol. The van der Waals surface area contributed by atoms with Crippen LogP contribution in [0.1, 0.15) is 32.3 Å². The van der Waals surface area contributed by atoms with Gasteiger partial charge in [-0.25, -0.2) is 8.42 Å². The molecule has 0 aliphatic heterocycles. The van der Waals surface area contributed by atoms with E-state index >= 15 is 0 Å². The second-order valence-electron chi connectivity index (χ2n) is 8.96. The van der Waals surface area contributed by atoms with E-state index in [2.05, 4.69) is 5.32 Å². The Morgan fingerprint density at radius 3 is 2.20 bits per heavy atom. The van der Waals surface area contributed by atoms with Gasteiger partial charge >= 0.3 is 0 Å². The van der Waals surface area contributed by atoms with Gasteiger partial charge in [-0.1, -0.05) is 67.4 Å². The Kier molecular flexibility index (Phi) is 11.2. The van der Waals surface area contributed by atoms with Gasteiger partial charge in [0.1, 0.15) is 18.3 Å². The number of rotatable bonds is 13. The van der Waals surface area contributed by atoms with Crippen molar-refractivity contribution >= 4 is 50.7 Å². The maximum Gasteiger partial charge on any atom is 0.264 e. The van der Waals surface area contributed by atoms with Crippen molar-refractivity contribution in [2.75, 3.05) is 24.5 Å². The zero-order valence-electron chi connectivity index (χ0n) is 22.6. The van der Waals surface area contributed by atoms with Gasteiger partial charge in [0, 0.05) is 34.8 Å². The van der Waals surface area contributed by atoms with Crippen LogP contribution >= 0.6 is 23.2 Å². The van der Waals surface area contributed by atoms with Crippen LogP contribution in [0, 0.1) is 0 Å². The second kappa shape index (κ2) is 14.4. The van der Waals surface area contributed by atoms with Gasteiger partial charge < -0.3 is 15.0 Å². The number of amides is 2. The molecule has 0 aromatic heterocycles. The number of ether oxygens (including phenoxy) is 1. The molecule has 1 unspecified atom stereocenters. The van der Waals surface area contributed by atoms with Gasteiger partial charge in [0.25, 0.3) is 10.0 Å². The first-order chi connectivity index (χ1) is 19.1. The lowest BCUT2D eigenvalue weighted by molar-refractivity contribution is -0.140. The van der Waals surface area contributed by atoms with E-state index in [-0.39, 0.29) is 29.5 Å². The fourth-order valence-electron chi connectivity index (χ4n) is 4.15. The number of nitrogens with zero attached hydrogens (tertiary/aromatic N) is 2. The average Bonchev–Trinajstić information content (AvgIpc) is 2.96. The van der Waals surface area contributed by atoms with Crippen LogP contribution in [-0.4, -0.2) is 51.4 Å². The Bertz CT molecular complexity index is 1400. The molecule has 0 fully saturated rings. The van der Waals surface area contributed by atoms with Crippen LogP contribution in [0.15, 0.2) is 77.7 Å². The molecule has 0 radical (unpaired) electrons. The number of anilines is 1. The van der Waals surface area contributed by atoms with Crippen molar-refractivity contribution in [2.45, 2.75) is 44.2 Å². The molecule has 0 spiro atoms. The highest BCUT2D eigenvalue weighted by atomic mass is 35.5. The molecule has 0 heterocycles. The lowest BCUT2D eigenvalue weighted by atomic mass is 10.1. The number of methoxy groups -OCH3 is 1. The summed E-state index contributed by atoms with van der Waals surface area (Å²) in [5, 5.41) is 3.50. The number of halogens is 2. The molecule has 8 nitrogen and oxygen atoms in total. The van der Waals surface area contributed by atoms with Gasteiger partial charge in [0.15, 0.2) is 0 Å². The molecule has 11 heteroatoms. The van der Waals surface area contributed by atoms with Crippen molar-refractivity contribution in [1.82, 2.24) is 10.2 Å². The first kappa shape index (κ1) is 31.3. The molecule has 40 heavy (non-hydrogen) atoms. The van der Waals surface area contributed by atoms with Gasteiger partial charge in [-0.2, -0.15) is 0 Å². The highest BCUT2D eigenvalue weighted by Gasteiger charge is 2.34. The SMILES string of the molecule is CCCNC(=O)C(CC)N(Cc1c(Cl)cccc1Cl)C(=O)CN(c1cccc(OC)c1)S(=O)(=O)c1ccccc1. The summed E-state index contributed by atoms with van der Waals surface area (Å²) in [6.45, 7) is 3.47. The molecule has 0 saturated carbocycles. The number of sulfonamides is 1. The lowest BCUT2D eigenvalue weighted by Gasteiger charge is -2.33. The van der Waals surface area contributed by atoms with E-state index in [1.165, 1.54) is 30.2 Å². The fourth-order valence-corrected chi connectivity index (χ4v) is 6.10. The van der Waals surface area contributed by atoms with Crippen molar-refractivity contribution in [3.05, 3.63) is 88.4 Å². The second-order valence-corrected chi connectivity index (χ2v) is 11.6. The lowest BCUT2D eigenvalue weighted by Crippen LogP contribution is -2.52. The summed E-state index contributed by atoms with van der Waals surface area (Å²) < 4.78 is 34.1. The highest BCUT2D eigenvalue weighted by Crippen LogP contribution is 2.30. The number of hydrogen-bond acceptors (Lipinski definition) is 5. The Morgan fingerprint density at radius 2 is 1.60 bits per heavy atom. The summed E-state index contributed by atoms with van der Waals surface area (Å²) in [6, 6.07) is 18.4. The molecule has 2 amide bonds. The summed E-state index contributed by atoms with van der Waals surface area (Å²) >= 11 is 12.9. The summed E-state index contributed by atoms with van der Waals surface area (Å²) in [4.78, 5) is 28.6. The van der Waals surface area contributed by atoms with Crippen molar-refractivity contribution < 1.29 is 22.7 Å². The zero-order chi connectivity index (χ0) is 29.3. The molecule has 0 saturated heterocycles. The molecule has 3 rings (SSSR count). The van der Waals surface area contributed by atoms with Crippen LogP contribution in [0.25, 0.3) is 0 Å². The number of benzene rings is 3. The molecule has 0 aliphatic carbocycles. The Labute approximate surface area is 245 Å². The standard InChI is InChI=1S/C29H33Cl2N3O5S/c1-4-17-32-29(36)27(5-2)33(19-24-25(30)15-10-16-26(24)31)28(35)20-34(21-11-9-12-22(18-21)39-3)40(37,38)23-13-7-6-8-14-23/h6-16,18,27H,4-5,17,19-20H2,1-3H3,(H,32,36). The van der Waals surface area contributed by atoms with Gasteiger partial charge in [-0.3, -0.25) is 13.9 Å². The third-order valence-electron chi connectivity index (χ3n) is 6.28. The van der Waals surface area contributed by atoms with Gasteiger partial charge in [-0.15, -0.1) is 0 Å². The van der Waals surface area contributed by atoms with E-state index < -0.39 is 28.5 Å². The zero-order valence-corrected chi connectivity index (χ0v) is 25.0. The van der Waals surface area contributed by atoms with Gasteiger partial charge in [0.2, 0.25) is 11.8 Å². The third kappa shape index (κ3) is 7.47. The van der Waals surface area contributed by atoms with Crippen molar-refractivity contribution in [3.8, 4) is 5.75 Å². The smallest absolute Gasteiger partial charge is 0.264 e. The number of nitrogens with one attached hydrogen (secondary N) is 1. The minimum atomic E-state index is -4.19. The highest BCUT2D eigenvalue weighted by molar-refractivity contribution is 7.92. The molecule has 214 valence electrons. The van der Waals surface area contributed by atoms with Crippen LogP contribution < -0.4 is 14.4 Å². The predicted octanol–water partition coefficient (Wildman–Crippen LogP) is 5.53. The summed E-state index contributed by atoms with van der Waals surface area (Å²) in [6.07, 6.45) is 0.999. The number of hydrogen-bond donors (Lipinski definition) is 1. The molecule has 1 N–H and O–H groups in total. The maximum absolute atomic E-state index is 14.1. The minimum Gasteiger partial charge on any atom is -0.497 e. The Morgan fingerprint density at radius 1 is 0.950 bits per heavy atom. The molecule has 0 bridgehead atoms. The molecule has 3 aromatic carbocycles. The van der Waals surface area contributed by atoms with E-state index in [0.29, 0.717) is 34.3 Å². The first-order valence-electron chi connectivity index (χ1n) is 12.9. The van der Waals surface area contributed by atoms with Crippen LogP contribution in [-0.2, 0) is 26.2 Å². The van der Waals surface area contributed by atoms with Crippen LogP contribution in [0.2, 0.25) is 10.0 Å². The predicted molar refractivity (Wildman–Crippen MR) is 158 cm³/mol. The van der Waals surface area contributed by atoms with Crippen LogP contribution in [0.5, 0.6) is 5.75 Å². The normalized spacial score (nSPS) is 11.9. The number of carbonyl (C=O) groups is 2. The minimum absolute atomic E-state index is 0.0130. The fraction of sp³-hybridized carbons (Fsp3) is 0.310. The summed E-state index contributed by atoms with van der Waals surface area (Å²) in [7, 11) is -2.72. The quantitative estimate of drug-likeness (QED) is 0.276. The molecule has 0 aliphatic rings. The Balaban J connectivity index is 2.10. The topological polar surface area (TPSA) is 96.0 Å². The maximum atomic E-state index is 14.1. The van der Waals surface area contributed by atoms with E-state index in [1.54, 1.807) is 61.5 Å². The summed E-state index contributed by atoms with van der Waals surface area (Å²) in [5.74, 6) is -0.528. The van der Waals surface area contributed by atoms with Crippen LogP contribution in [0.4, 0.5) is 5.69 Å². The van der Waals surface area contributed by atoms with Crippen molar-refractivity contribution in [2.24, 2.45) is 0 Å². The van der Waals surface area contributed by atoms with Gasteiger partial charge in [0.05, 0.1) is 17.7 Å². The summed E-state index contributed by atoms with van der Waals surface area (Å²) in [5.41, 5.74) is 0.690. The molecular formula is C29H33Cl2N3O5S. The van der Waals surface area contributed by atoms with E-state index in [0.717, 1.165) is 4.31 Å². The molecule has 1 atom stereocenters. The Hall–Kier alpha value is -3.27. The van der Waals surface area contributed by atoms with Crippen molar-refractivity contribution in [3.63, 3.8) is 0 Å². The van der Waals surface area contributed by atoms with E-state index in [9.17, 15) is 18.0 Å². The first-order valence-corrected chi connectivity index (χ1v) is 15.1. The van der Waals surface area contributed by atoms with E-state index in [4.69, 9.17) is 27.9 Å². The van der Waals surface area contributed by atoms with E-state index in [1.807, 2.05) is 6.92 Å². The number of carbonyl (C=O) groups excluding carboxylic acids is 2. The largest absolute Gasteiger partial charge is 0.497 e. The van der Waals surface area contributed by atoms with Crippen molar-refractivity contribution in [1.29, 1.82) is 0 Å². The van der Waals surface area contributed by atoms with Crippen LogP contribution in [0.3, 0.4) is 0 Å².